The lowest BCUT2D eigenvalue weighted by molar-refractivity contribution is 0.0602. The van der Waals surface area contributed by atoms with Gasteiger partial charge in [-0.25, -0.2) is 21.6 Å². The van der Waals surface area contributed by atoms with Crippen molar-refractivity contribution in [2.75, 3.05) is 24.9 Å². The quantitative estimate of drug-likeness (QED) is 0.638. The van der Waals surface area contributed by atoms with E-state index in [-0.39, 0.29) is 25.4 Å². The molecule has 1 aliphatic rings. The number of nitrogens with one attached hydrogen (secondary N) is 1. The maximum Gasteiger partial charge on any atom is 0.349 e. The van der Waals surface area contributed by atoms with Crippen molar-refractivity contribution in [3.8, 4) is 0 Å². The topological polar surface area (TPSA) is 110 Å². The fourth-order valence-electron chi connectivity index (χ4n) is 2.97. The van der Waals surface area contributed by atoms with Gasteiger partial charge in [0, 0.05) is 13.1 Å². The van der Waals surface area contributed by atoms with Crippen LogP contribution in [0.5, 0.6) is 0 Å². The number of nitrogens with zero attached hydrogens (tertiary/aromatic N) is 1. The largest absolute Gasteiger partial charge is 0.465 e. The highest BCUT2D eigenvalue weighted by Gasteiger charge is 2.29. The van der Waals surface area contributed by atoms with Gasteiger partial charge in [-0.1, -0.05) is 18.0 Å². The minimum absolute atomic E-state index is 0.00399. The molecule has 1 saturated heterocycles. The van der Waals surface area contributed by atoms with Crippen molar-refractivity contribution in [1.29, 1.82) is 0 Å². The highest BCUT2D eigenvalue weighted by molar-refractivity contribution is 7.93. The van der Waals surface area contributed by atoms with E-state index >= 15 is 0 Å². The summed E-state index contributed by atoms with van der Waals surface area (Å²) < 4.78 is 59.6. The molecule has 0 radical (unpaired) electrons. The number of piperidine rings is 1. The first-order valence-corrected chi connectivity index (χ1v) is 12.8. The van der Waals surface area contributed by atoms with Crippen LogP contribution < -0.4 is 4.72 Å². The van der Waals surface area contributed by atoms with Crippen LogP contribution in [0.15, 0.2) is 39.4 Å². The second-order valence-electron chi connectivity index (χ2n) is 6.32. The predicted octanol–water partition coefficient (Wildman–Crippen LogP) is 3.16. The SMILES string of the molecule is COC(=O)c1sccc1S(=O)(=O)Nc1ccc(Cl)c(S(=O)(=O)N2CCCCC2)c1. The Morgan fingerprint density at radius 3 is 2.45 bits per heavy atom. The van der Waals surface area contributed by atoms with Gasteiger partial charge < -0.3 is 4.74 Å². The van der Waals surface area contributed by atoms with Crippen LogP contribution >= 0.6 is 22.9 Å². The van der Waals surface area contributed by atoms with Gasteiger partial charge in [0.2, 0.25) is 10.0 Å². The molecular weight excluding hydrogens is 460 g/mol. The number of hydrogen-bond acceptors (Lipinski definition) is 7. The Morgan fingerprint density at radius 2 is 1.79 bits per heavy atom. The van der Waals surface area contributed by atoms with Crippen LogP contribution in [-0.2, 0) is 24.8 Å². The van der Waals surface area contributed by atoms with Crippen molar-refractivity contribution in [3.05, 3.63) is 39.5 Å². The number of anilines is 1. The Morgan fingerprint density at radius 1 is 1.10 bits per heavy atom. The molecule has 0 spiro atoms. The smallest absolute Gasteiger partial charge is 0.349 e. The Bertz CT molecular complexity index is 1120. The zero-order valence-corrected chi connectivity index (χ0v) is 18.6. The number of carbonyl (C=O) groups is 1. The maximum absolute atomic E-state index is 12.9. The third kappa shape index (κ3) is 4.58. The van der Waals surface area contributed by atoms with Crippen LogP contribution in [0, 0.1) is 0 Å². The van der Waals surface area contributed by atoms with Gasteiger partial charge in [0.1, 0.15) is 14.7 Å². The van der Waals surface area contributed by atoms with E-state index in [2.05, 4.69) is 9.46 Å². The van der Waals surface area contributed by atoms with E-state index in [1.54, 1.807) is 0 Å². The van der Waals surface area contributed by atoms with Crippen molar-refractivity contribution in [1.82, 2.24) is 4.31 Å². The molecule has 1 aromatic heterocycles. The number of sulfonamides is 2. The lowest BCUT2D eigenvalue weighted by atomic mass is 10.2. The molecule has 0 unspecified atom stereocenters. The number of carbonyl (C=O) groups excluding carboxylic acids is 1. The molecule has 1 N–H and O–H groups in total. The number of methoxy groups -OCH3 is 1. The summed E-state index contributed by atoms with van der Waals surface area (Å²) in [6.45, 7) is 0.790. The predicted molar refractivity (Wildman–Crippen MR) is 111 cm³/mol. The fourth-order valence-corrected chi connectivity index (χ4v) is 7.37. The van der Waals surface area contributed by atoms with E-state index < -0.39 is 26.0 Å². The third-order valence-electron chi connectivity index (χ3n) is 4.41. The van der Waals surface area contributed by atoms with Crippen molar-refractivity contribution in [2.24, 2.45) is 0 Å². The summed E-state index contributed by atoms with van der Waals surface area (Å²) in [6, 6.07) is 5.15. The first kappa shape index (κ1) is 22.0. The summed E-state index contributed by atoms with van der Waals surface area (Å²) in [5.41, 5.74) is 0.0204. The van der Waals surface area contributed by atoms with Gasteiger partial charge in [0.25, 0.3) is 10.0 Å². The summed E-state index contributed by atoms with van der Waals surface area (Å²) >= 11 is 7.04. The molecule has 3 rings (SSSR count). The normalized spacial score (nSPS) is 15.8. The average Bonchev–Trinajstić information content (AvgIpc) is 3.20. The van der Waals surface area contributed by atoms with Crippen molar-refractivity contribution < 1.29 is 26.4 Å². The first-order chi connectivity index (χ1) is 13.7. The number of rotatable bonds is 6. The maximum atomic E-state index is 12.9. The molecule has 1 fully saturated rings. The van der Waals surface area contributed by atoms with Crippen LogP contribution in [0.1, 0.15) is 28.9 Å². The Balaban J connectivity index is 1.94. The van der Waals surface area contributed by atoms with Crippen LogP contribution in [0.2, 0.25) is 5.02 Å². The minimum Gasteiger partial charge on any atom is -0.465 e. The average molecular weight is 479 g/mol. The molecule has 12 heteroatoms. The standard InChI is InChI=1S/C17H19ClN2O6S3/c1-26-17(21)16-14(7-10-27-16)28(22,23)19-12-5-6-13(18)15(11-12)29(24,25)20-8-3-2-4-9-20/h5-7,10-11,19H,2-4,8-9H2,1H3. The molecule has 2 aromatic rings. The second kappa shape index (κ2) is 8.60. The van der Waals surface area contributed by atoms with Gasteiger partial charge in [-0.15, -0.1) is 11.3 Å². The molecule has 29 heavy (non-hydrogen) atoms. The summed E-state index contributed by atoms with van der Waals surface area (Å²) in [5, 5.41) is 1.46. The van der Waals surface area contributed by atoms with E-state index in [4.69, 9.17) is 11.6 Å². The third-order valence-corrected chi connectivity index (χ3v) is 9.23. The van der Waals surface area contributed by atoms with E-state index in [9.17, 15) is 21.6 Å². The molecule has 0 aliphatic carbocycles. The Hall–Kier alpha value is -1.66. The van der Waals surface area contributed by atoms with Gasteiger partial charge in [0.15, 0.2) is 0 Å². The lowest BCUT2D eigenvalue weighted by Gasteiger charge is -2.26. The highest BCUT2D eigenvalue weighted by Crippen LogP contribution is 2.31. The van der Waals surface area contributed by atoms with Crippen LogP contribution in [0.3, 0.4) is 0 Å². The van der Waals surface area contributed by atoms with E-state index in [0.29, 0.717) is 13.1 Å². The minimum atomic E-state index is -4.15. The molecule has 0 saturated carbocycles. The molecule has 1 aliphatic heterocycles. The van der Waals surface area contributed by atoms with E-state index in [1.165, 1.54) is 34.0 Å². The number of esters is 1. The number of halogens is 1. The summed E-state index contributed by atoms with van der Waals surface area (Å²) in [7, 11) is -6.85. The summed E-state index contributed by atoms with van der Waals surface area (Å²) in [4.78, 5) is 11.3. The number of thiophene rings is 1. The van der Waals surface area contributed by atoms with Gasteiger partial charge in [-0.2, -0.15) is 4.31 Å². The van der Waals surface area contributed by atoms with Crippen molar-refractivity contribution >= 4 is 54.6 Å². The second-order valence-corrected chi connectivity index (χ2v) is 11.2. The van der Waals surface area contributed by atoms with Crippen molar-refractivity contribution in [2.45, 2.75) is 29.1 Å². The van der Waals surface area contributed by atoms with Gasteiger partial charge in [-0.3, -0.25) is 4.72 Å². The lowest BCUT2D eigenvalue weighted by Crippen LogP contribution is -2.35. The van der Waals surface area contributed by atoms with Crippen molar-refractivity contribution in [3.63, 3.8) is 0 Å². The molecule has 0 amide bonds. The summed E-state index contributed by atoms with van der Waals surface area (Å²) in [6.07, 6.45) is 2.48. The Kier molecular flexibility index (Phi) is 6.54. The summed E-state index contributed by atoms with van der Waals surface area (Å²) in [5.74, 6) is -0.773. The highest BCUT2D eigenvalue weighted by atomic mass is 35.5. The molecular formula is C17H19ClN2O6S3. The fraction of sp³-hybridized carbons (Fsp3) is 0.353. The van der Waals surface area contributed by atoms with E-state index in [0.717, 1.165) is 37.7 Å². The molecule has 158 valence electrons. The molecule has 2 heterocycles. The zero-order valence-electron chi connectivity index (χ0n) is 15.4. The molecule has 8 nitrogen and oxygen atoms in total. The molecule has 0 atom stereocenters. The Labute approximate surface area is 178 Å². The van der Waals surface area contributed by atoms with E-state index in [1.807, 2.05) is 0 Å². The first-order valence-electron chi connectivity index (χ1n) is 8.65. The number of ether oxygens (including phenoxy) is 1. The van der Waals surface area contributed by atoms with Crippen LogP contribution in [0.25, 0.3) is 0 Å². The molecule has 1 aromatic carbocycles. The zero-order chi connectivity index (χ0) is 21.2. The van der Waals surface area contributed by atoms with Crippen LogP contribution in [-0.4, -0.2) is 47.3 Å². The van der Waals surface area contributed by atoms with Crippen LogP contribution in [0.4, 0.5) is 5.69 Å². The number of benzene rings is 1. The van der Waals surface area contributed by atoms with Gasteiger partial charge >= 0.3 is 5.97 Å². The monoisotopic (exact) mass is 478 g/mol. The molecule has 0 bridgehead atoms. The number of hydrogen-bond donors (Lipinski definition) is 1. The van der Waals surface area contributed by atoms with Gasteiger partial charge in [0.05, 0.1) is 17.8 Å². The van der Waals surface area contributed by atoms with Gasteiger partial charge in [-0.05, 0) is 42.5 Å².